The minimum absolute atomic E-state index is 0.0556. The maximum atomic E-state index is 11.8. The highest BCUT2D eigenvalue weighted by molar-refractivity contribution is 6.31. The maximum Gasteiger partial charge on any atom is 0.251 e. The SMILES string of the molecule is O=C(NCCN1CCOCC1)c1ccc(Cl)cc1.O=C(NCCN1CCOCC1)c1ccc(Cl)cc1.O=C(NCCN1CCOCC1)c1ccc(Cl)cc1. The number of halogens is 3. The van der Waals surface area contributed by atoms with E-state index in [1.165, 1.54) is 0 Å². The van der Waals surface area contributed by atoms with Gasteiger partial charge in [0.15, 0.2) is 0 Å². The molecule has 0 unspecified atom stereocenters. The summed E-state index contributed by atoms with van der Waals surface area (Å²) in [7, 11) is 0. The number of hydrogen-bond donors (Lipinski definition) is 3. The quantitative estimate of drug-likeness (QED) is 0.247. The molecule has 3 fully saturated rings. The average Bonchev–Trinajstić information content (AvgIpc) is 3.20. The van der Waals surface area contributed by atoms with Crippen molar-refractivity contribution in [1.29, 1.82) is 0 Å². The monoisotopic (exact) mass is 804 g/mol. The van der Waals surface area contributed by atoms with Gasteiger partial charge in [0, 0.05) is 110 Å². The first-order valence-corrected chi connectivity index (χ1v) is 19.4. The number of carbonyl (C=O) groups excluding carboxylic acids is 3. The molecule has 0 saturated carbocycles. The van der Waals surface area contributed by atoms with Crippen LogP contribution in [0, 0.1) is 0 Å². The van der Waals surface area contributed by atoms with Gasteiger partial charge in [-0.2, -0.15) is 0 Å². The number of morpholine rings is 3. The minimum Gasteiger partial charge on any atom is -0.379 e. The molecule has 3 aromatic carbocycles. The van der Waals surface area contributed by atoms with Crippen molar-refractivity contribution in [2.75, 3.05) is 118 Å². The lowest BCUT2D eigenvalue weighted by Gasteiger charge is -2.26. The van der Waals surface area contributed by atoms with Crippen LogP contribution in [0.25, 0.3) is 0 Å². The zero-order valence-electron chi connectivity index (χ0n) is 30.6. The van der Waals surface area contributed by atoms with Gasteiger partial charge >= 0.3 is 0 Å². The Morgan fingerprint density at radius 2 is 0.648 bits per heavy atom. The van der Waals surface area contributed by atoms with Gasteiger partial charge in [-0.25, -0.2) is 0 Å². The maximum absolute atomic E-state index is 11.8. The summed E-state index contributed by atoms with van der Waals surface area (Å²) in [5.41, 5.74) is 1.92. The summed E-state index contributed by atoms with van der Waals surface area (Å²) in [5.74, 6) is -0.167. The predicted molar refractivity (Wildman–Crippen MR) is 213 cm³/mol. The van der Waals surface area contributed by atoms with Crippen molar-refractivity contribution in [3.05, 3.63) is 105 Å². The van der Waals surface area contributed by atoms with E-state index in [0.29, 0.717) is 51.4 Å². The van der Waals surface area contributed by atoms with E-state index in [1.54, 1.807) is 72.8 Å². The van der Waals surface area contributed by atoms with Crippen molar-refractivity contribution in [3.8, 4) is 0 Å². The molecule has 6 rings (SSSR count). The lowest BCUT2D eigenvalue weighted by molar-refractivity contribution is 0.0382. The third-order valence-corrected chi connectivity index (χ3v) is 9.53. The Morgan fingerprint density at radius 3 is 0.870 bits per heavy atom. The molecular weight excluding hydrogens is 755 g/mol. The number of carbonyl (C=O) groups is 3. The van der Waals surface area contributed by atoms with E-state index < -0.39 is 0 Å². The highest BCUT2D eigenvalue weighted by atomic mass is 35.5. The van der Waals surface area contributed by atoms with Gasteiger partial charge in [-0.05, 0) is 72.8 Å². The zero-order chi connectivity index (χ0) is 38.4. The van der Waals surface area contributed by atoms with Crippen LogP contribution in [-0.2, 0) is 14.2 Å². The fourth-order valence-corrected chi connectivity index (χ4v) is 5.94. The summed E-state index contributed by atoms with van der Waals surface area (Å²) in [4.78, 5) is 42.3. The van der Waals surface area contributed by atoms with Gasteiger partial charge in [0.25, 0.3) is 17.7 Å². The van der Waals surface area contributed by atoms with Crippen LogP contribution in [0.1, 0.15) is 31.1 Å². The van der Waals surface area contributed by atoms with E-state index in [9.17, 15) is 14.4 Å². The molecule has 3 amide bonds. The van der Waals surface area contributed by atoms with Gasteiger partial charge in [0.2, 0.25) is 0 Å². The summed E-state index contributed by atoms with van der Waals surface area (Å²) in [6, 6.07) is 20.7. The van der Waals surface area contributed by atoms with Gasteiger partial charge < -0.3 is 30.2 Å². The van der Waals surface area contributed by atoms with Crippen molar-refractivity contribution in [3.63, 3.8) is 0 Å². The molecule has 0 spiro atoms. The molecule has 15 heteroatoms. The lowest BCUT2D eigenvalue weighted by atomic mass is 10.2. The van der Waals surface area contributed by atoms with E-state index in [0.717, 1.165) is 98.5 Å². The van der Waals surface area contributed by atoms with Gasteiger partial charge in [0.1, 0.15) is 0 Å². The highest BCUT2D eigenvalue weighted by Gasteiger charge is 2.13. The Balaban J connectivity index is 0.000000180. The Labute approximate surface area is 333 Å². The molecule has 0 atom stereocenters. The first-order chi connectivity index (χ1) is 26.3. The number of amides is 3. The topological polar surface area (TPSA) is 125 Å². The summed E-state index contributed by atoms with van der Waals surface area (Å²) in [6.45, 7) is 14.9. The second kappa shape index (κ2) is 25.0. The van der Waals surface area contributed by atoms with Crippen molar-refractivity contribution in [1.82, 2.24) is 30.7 Å². The molecule has 0 aliphatic carbocycles. The predicted octanol–water partition coefficient (Wildman–Crippen LogP) is 4.21. The normalized spacial score (nSPS) is 16.5. The Kier molecular flexibility index (Phi) is 20.1. The molecule has 294 valence electrons. The van der Waals surface area contributed by atoms with Gasteiger partial charge in [-0.15, -0.1) is 0 Å². The van der Waals surface area contributed by atoms with Gasteiger partial charge in [0.05, 0.1) is 39.6 Å². The van der Waals surface area contributed by atoms with Crippen molar-refractivity contribution < 1.29 is 28.6 Å². The van der Waals surface area contributed by atoms with Crippen LogP contribution in [0.2, 0.25) is 15.1 Å². The molecule has 3 aromatic rings. The molecule has 0 radical (unpaired) electrons. The molecule has 3 N–H and O–H groups in total. The molecule has 3 heterocycles. The fraction of sp³-hybridized carbons (Fsp3) is 0.462. The van der Waals surface area contributed by atoms with Gasteiger partial charge in [-0.3, -0.25) is 29.1 Å². The summed E-state index contributed by atoms with van der Waals surface area (Å²) in [5, 5.41) is 10.6. The lowest BCUT2D eigenvalue weighted by Crippen LogP contribution is -2.41. The molecule has 12 nitrogen and oxygen atoms in total. The summed E-state index contributed by atoms with van der Waals surface area (Å²) < 4.78 is 15.8. The van der Waals surface area contributed by atoms with E-state index in [1.807, 2.05) is 0 Å². The molecule has 3 aliphatic heterocycles. The smallest absolute Gasteiger partial charge is 0.251 e. The average molecular weight is 806 g/mol. The summed E-state index contributed by atoms with van der Waals surface area (Å²) in [6.07, 6.45) is 0. The number of nitrogens with zero attached hydrogens (tertiary/aromatic N) is 3. The summed E-state index contributed by atoms with van der Waals surface area (Å²) >= 11 is 17.3. The van der Waals surface area contributed by atoms with Crippen LogP contribution < -0.4 is 16.0 Å². The molecule has 3 saturated heterocycles. The molecular formula is C39H51Cl3N6O6. The number of benzene rings is 3. The third kappa shape index (κ3) is 17.0. The zero-order valence-corrected chi connectivity index (χ0v) is 32.8. The van der Waals surface area contributed by atoms with Crippen LogP contribution in [-0.4, -0.2) is 151 Å². The Bertz CT molecular complexity index is 1350. The molecule has 3 aliphatic rings. The van der Waals surface area contributed by atoms with Crippen molar-refractivity contribution >= 4 is 52.5 Å². The van der Waals surface area contributed by atoms with Crippen LogP contribution in [0.3, 0.4) is 0 Å². The third-order valence-electron chi connectivity index (χ3n) is 8.77. The van der Waals surface area contributed by atoms with E-state index in [4.69, 9.17) is 49.0 Å². The Hall–Kier alpha value is -3.30. The Morgan fingerprint density at radius 1 is 0.426 bits per heavy atom. The first kappa shape index (κ1) is 43.4. The highest BCUT2D eigenvalue weighted by Crippen LogP contribution is 2.11. The van der Waals surface area contributed by atoms with E-state index in [2.05, 4.69) is 30.7 Å². The number of rotatable bonds is 12. The van der Waals surface area contributed by atoms with E-state index >= 15 is 0 Å². The minimum atomic E-state index is -0.0556. The second-order valence-corrected chi connectivity index (χ2v) is 14.0. The number of hydrogen-bond acceptors (Lipinski definition) is 9. The van der Waals surface area contributed by atoms with Gasteiger partial charge in [-0.1, -0.05) is 34.8 Å². The van der Waals surface area contributed by atoms with Crippen LogP contribution >= 0.6 is 34.8 Å². The van der Waals surface area contributed by atoms with Crippen LogP contribution in [0.5, 0.6) is 0 Å². The standard InChI is InChI=1S/3C13H17ClN2O2/c3*14-12-3-1-11(2-4-12)13(17)15-5-6-16-7-9-18-10-8-16/h3*1-4H,5-10H2,(H,15,17). The van der Waals surface area contributed by atoms with E-state index in [-0.39, 0.29) is 17.7 Å². The first-order valence-electron chi connectivity index (χ1n) is 18.3. The molecule has 0 bridgehead atoms. The fourth-order valence-electron chi connectivity index (χ4n) is 5.57. The van der Waals surface area contributed by atoms with Crippen LogP contribution in [0.15, 0.2) is 72.8 Å². The largest absolute Gasteiger partial charge is 0.379 e. The second-order valence-electron chi connectivity index (χ2n) is 12.7. The molecule has 54 heavy (non-hydrogen) atoms. The molecule has 0 aromatic heterocycles. The number of ether oxygens (including phenoxy) is 3. The van der Waals surface area contributed by atoms with Crippen molar-refractivity contribution in [2.24, 2.45) is 0 Å². The van der Waals surface area contributed by atoms with Crippen LogP contribution in [0.4, 0.5) is 0 Å². The number of nitrogens with one attached hydrogen (secondary N) is 3. The van der Waals surface area contributed by atoms with Crippen molar-refractivity contribution in [2.45, 2.75) is 0 Å².